The number of amides is 1. The summed E-state index contributed by atoms with van der Waals surface area (Å²) in [6.45, 7) is 1.00. The number of hydrogen-bond acceptors (Lipinski definition) is 4. The highest BCUT2D eigenvalue weighted by Crippen LogP contribution is 2.03. The first-order chi connectivity index (χ1) is 11.3. The molecule has 1 aromatic carbocycles. The first kappa shape index (κ1) is 14.8. The predicted octanol–water partition coefficient (Wildman–Crippen LogP) is 2.25. The monoisotopic (exact) mass is 308 g/mol. The molecule has 0 spiro atoms. The molecular weight excluding hydrogens is 292 g/mol. The number of rotatable bonds is 6. The maximum Gasteiger partial charge on any atom is 0.244 e. The molecule has 1 amide bonds. The van der Waals surface area contributed by atoms with E-state index >= 15 is 0 Å². The summed E-state index contributed by atoms with van der Waals surface area (Å²) in [4.78, 5) is 11.7. The first-order valence-corrected chi connectivity index (χ1v) is 7.22. The van der Waals surface area contributed by atoms with Crippen LogP contribution in [0.4, 0.5) is 0 Å². The molecule has 0 aliphatic carbocycles. The average Bonchev–Trinajstić information content (AvgIpc) is 3.24. The summed E-state index contributed by atoms with van der Waals surface area (Å²) in [7, 11) is 0. The molecule has 0 fully saturated rings. The van der Waals surface area contributed by atoms with Gasteiger partial charge >= 0.3 is 0 Å². The van der Waals surface area contributed by atoms with E-state index in [0.717, 1.165) is 5.56 Å². The van der Waals surface area contributed by atoms with E-state index in [1.165, 1.54) is 6.08 Å². The first-order valence-electron chi connectivity index (χ1n) is 7.22. The number of carbonyl (C=O) groups is 1. The molecule has 6 nitrogen and oxygen atoms in total. The molecule has 6 heteroatoms. The lowest BCUT2D eigenvalue weighted by molar-refractivity contribution is -0.116. The Morgan fingerprint density at radius 3 is 2.87 bits per heavy atom. The third-order valence-electron chi connectivity index (χ3n) is 3.17. The van der Waals surface area contributed by atoms with E-state index in [9.17, 15) is 4.79 Å². The van der Waals surface area contributed by atoms with Gasteiger partial charge < -0.3 is 9.73 Å². The van der Waals surface area contributed by atoms with Crippen LogP contribution in [0.25, 0.3) is 6.08 Å². The second-order valence-electron chi connectivity index (χ2n) is 4.96. The van der Waals surface area contributed by atoms with Gasteiger partial charge in [0, 0.05) is 6.08 Å². The minimum absolute atomic E-state index is 0.209. The zero-order valence-electron chi connectivity index (χ0n) is 12.4. The quantitative estimate of drug-likeness (QED) is 0.709. The SMILES string of the molecule is O=C(/C=C/c1cn(Cc2ccccc2)nn1)NCc1ccco1. The van der Waals surface area contributed by atoms with E-state index in [2.05, 4.69) is 15.6 Å². The normalized spacial score (nSPS) is 11.0. The second-order valence-corrected chi connectivity index (χ2v) is 4.96. The molecule has 0 saturated carbocycles. The number of carbonyl (C=O) groups excluding carboxylic acids is 1. The third kappa shape index (κ3) is 4.41. The van der Waals surface area contributed by atoms with Gasteiger partial charge in [-0.3, -0.25) is 4.79 Å². The summed E-state index contributed by atoms with van der Waals surface area (Å²) < 4.78 is 6.87. The number of hydrogen-bond donors (Lipinski definition) is 1. The molecule has 2 heterocycles. The van der Waals surface area contributed by atoms with Crippen LogP contribution in [-0.2, 0) is 17.9 Å². The summed E-state index contributed by atoms with van der Waals surface area (Å²) in [5.74, 6) is 0.500. The van der Waals surface area contributed by atoms with Gasteiger partial charge in [0.05, 0.1) is 25.5 Å². The lowest BCUT2D eigenvalue weighted by atomic mass is 10.2. The fourth-order valence-electron chi connectivity index (χ4n) is 2.04. The number of nitrogens with one attached hydrogen (secondary N) is 1. The van der Waals surface area contributed by atoms with Crippen LogP contribution in [0.3, 0.4) is 0 Å². The molecule has 23 heavy (non-hydrogen) atoms. The van der Waals surface area contributed by atoms with Crippen molar-refractivity contribution in [3.63, 3.8) is 0 Å². The van der Waals surface area contributed by atoms with Crippen LogP contribution in [0.5, 0.6) is 0 Å². The van der Waals surface area contributed by atoms with Gasteiger partial charge in [0.1, 0.15) is 11.5 Å². The van der Waals surface area contributed by atoms with E-state index in [1.807, 2.05) is 30.3 Å². The molecule has 0 aliphatic rings. The number of aromatic nitrogens is 3. The Kier molecular flexibility index (Phi) is 4.63. The molecule has 0 radical (unpaired) electrons. The molecule has 0 unspecified atom stereocenters. The van der Waals surface area contributed by atoms with Crippen LogP contribution < -0.4 is 5.32 Å². The standard InChI is InChI=1S/C17H16N4O2/c22-17(18-11-16-7-4-10-23-16)9-8-15-13-21(20-19-15)12-14-5-2-1-3-6-14/h1-10,13H,11-12H2,(H,18,22)/b9-8+. The van der Waals surface area contributed by atoms with Gasteiger partial charge in [-0.2, -0.15) is 0 Å². The molecule has 0 aliphatic heterocycles. The van der Waals surface area contributed by atoms with Crippen molar-refractivity contribution in [1.29, 1.82) is 0 Å². The van der Waals surface area contributed by atoms with Crippen molar-refractivity contribution in [2.24, 2.45) is 0 Å². The van der Waals surface area contributed by atoms with Gasteiger partial charge in [-0.1, -0.05) is 35.5 Å². The lowest BCUT2D eigenvalue weighted by Crippen LogP contribution is -2.19. The molecule has 116 valence electrons. The van der Waals surface area contributed by atoms with E-state index < -0.39 is 0 Å². The minimum Gasteiger partial charge on any atom is -0.467 e. The molecule has 1 N–H and O–H groups in total. The number of furan rings is 1. The Morgan fingerprint density at radius 2 is 2.09 bits per heavy atom. The fraction of sp³-hybridized carbons (Fsp3) is 0.118. The summed E-state index contributed by atoms with van der Waals surface area (Å²) in [5.41, 5.74) is 1.78. The van der Waals surface area contributed by atoms with Gasteiger partial charge in [0.15, 0.2) is 0 Å². The fourth-order valence-corrected chi connectivity index (χ4v) is 2.04. The summed E-state index contributed by atoms with van der Waals surface area (Å²) in [5, 5.41) is 10.8. The van der Waals surface area contributed by atoms with Gasteiger partial charge in [0.25, 0.3) is 0 Å². The highest BCUT2D eigenvalue weighted by Gasteiger charge is 2.01. The van der Waals surface area contributed by atoms with Crippen LogP contribution in [0, 0.1) is 0 Å². The molecule has 0 atom stereocenters. The summed E-state index contributed by atoms with van der Waals surface area (Å²) in [6.07, 6.45) is 6.43. The smallest absolute Gasteiger partial charge is 0.244 e. The molecule has 2 aromatic heterocycles. The van der Waals surface area contributed by atoms with Crippen molar-refractivity contribution in [3.05, 3.63) is 78.0 Å². The number of nitrogens with zero attached hydrogens (tertiary/aromatic N) is 3. The summed E-state index contributed by atoms with van der Waals surface area (Å²) in [6, 6.07) is 13.6. The maximum absolute atomic E-state index is 11.7. The van der Waals surface area contributed by atoms with Gasteiger partial charge in [-0.25, -0.2) is 4.68 Å². The van der Waals surface area contributed by atoms with E-state index in [4.69, 9.17) is 4.42 Å². The largest absolute Gasteiger partial charge is 0.467 e. The van der Waals surface area contributed by atoms with Gasteiger partial charge in [0.2, 0.25) is 5.91 Å². The molecule has 3 aromatic rings. The number of benzene rings is 1. The van der Waals surface area contributed by atoms with Gasteiger partial charge in [-0.15, -0.1) is 5.10 Å². The second kappa shape index (κ2) is 7.22. The average molecular weight is 308 g/mol. The highest BCUT2D eigenvalue weighted by molar-refractivity contribution is 5.91. The van der Waals surface area contributed by atoms with Crippen LogP contribution in [-0.4, -0.2) is 20.9 Å². The van der Waals surface area contributed by atoms with E-state index in [1.54, 1.807) is 35.4 Å². The van der Waals surface area contributed by atoms with Crippen molar-refractivity contribution in [2.45, 2.75) is 13.1 Å². The van der Waals surface area contributed by atoms with Gasteiger partial charge in [-0.05, 0) is 23.8 Å². The lowest BCUT2D eigenvalue weighted by Gasteiger charge is -1.99. The van der Waals surface area contributed by atoms with Crippen molar-refractivity contribution in [3.8, 4) is 0 Å². The third-order valence-corrected chi connectivity index (χ3v) is 3.17. The van der Waals surface area contributed by atoms with Crippen molar-refractivity contribution in [1.82, 2.24) is 20.3 Å². The van der Waals surface area contributed by atoms with Crippen molar-refractivity contribution in [2.75, 3.05) is 0 Å². The minimum atomic E-state index is -0.209. The summed E-state index contributed by atoms with van der Waals surface area (Å²) >= 11 is 0. The van der Waals surface area contributed by atoms with E-state index in [0.29, 0.717) is 24.5 Å². The van der Waals surface area contributed by atoms with Crippen LogP contribution in [0.2, 0.25) is 0 Å². The zero-order chi connectivity index (χ0) is 15.9. The molecule has 3 rings (SSSR count). The Hall–Kier alpha value is -3.15. The highest BCUT2D eigenvalue weighted by atomic mass is 16.3. The Bertz CT molecular complexity index is 776. The molecular formula is C17H16N4O2. The van der Waals surface area contributed by atoms with Crippen LogP contribution in [0.15, 0.2) is 65.4 Å². The molecule has 0 saturated heterocycles. The van der Waals surface area contributed by atoms with Crippen molar-refractivity contribution < 1.29 is 9.21 Å². The van der Waals surface area contributed by atoms with Crippen molar-refractivity contribution >= 4 is 12.0 Å². The van der Waals surface area contributed by atoms with E-state index in [-0.39, 0.29) is 5.91 Å². The maximum atomic E-state index is 11.7. The molecule has 0 bridgehead atoms. The van der Waals surface area contributed by atoms with Crippen LogP contribution >= 0.6 is 0 Å². The topological polar surface area (TPSA) is 73.0 Å². The zero-order valence-corrected chi connectivity index (χ0v) is 12.4. The Morgan fingerprint density at radius 1 is 1.22 bits per heavy atom. The Balaban J connectivity index is 1.52. The van der Waals surface area contributed by atoms with Crippen LogP contribution in [0.1, 0.15) is 17.0 Å². The Labute approximate surface area is 133 Å². The predicted molar refractivity (Wildman–Crippen MR) is 85.2 cm³/mol.